The number of hydrogen-bond acceptors (Lipinski definition) is 4. The van der Waals surface area contributed by atoms with Gasteiger partial charge in [0.05, 0.1) is 13.7 Å². The van der Waals surface area contributed by atoms with Crippen molar-refractivity contribution in [1.29, 1.82) is 0 Å². The summed E-state index contributed by atoms with van der Waals surface area (Å²) in [6.45, 7) is 10.7. The molecule has 0 radical (unpaired) electrons. The highest BCUT2D eigenvalue weighted by Gasteiger charge is 2.14. The van der Waals surface area contributed by atoms with Gasteiger partial charge < -0.3 is 20.1 Å². The SMILES string of the molecule is C=CCc1cc(CNCC2CCNCC2)cc(OC)c1OCC. The molecule has 1 aromatic carbocycles. The number of piperidine rings is 1. The Bertz CT molecular complexity index is 496. The third-order valence-electron chi connectivity index (χ3n) is 4.29. The van der Waals surface area contributed by atoms with Crippen LogP contribution in [0.5, 0.6) is 11.5 Å². The third kappa shape index (κ3) is 5.26. The highest BCUT2D eigenvalue weighted by molar-refractivity contribution is 5.50. The van der Waals surface area contributed by atoms with Gasteiger partial charge in [-0.15, -0.1) is 6.58 Å². The van der Waals surface area contributed by atoms with Crippen LogP contribution in [0.25, 0.3) is 0 Å². The van der Waals surface area contributed by atoms with E-state index in [9.17, 15) is 0 Å². The van der Waals surface area contributed by atoms with Crippen LogP contribution in [0.15, 0.2) is 24.8 Å². The average Bonchev–Trinajstić information content (AvgIpc) is 2.58. The Morgan fingerprint density at radius 1 is 1.35 bits per heavy atom. The standard InChI is InChI=1S/C19H30N2O2/c1-4-6-17-11-16(12-18(22-3)19(17)23-5-2)14-21-13-15-7-9-20-10-8-15/h4,11-12,15,20-21H,1,5-10,13-14H2,2-3H3. The number of rotatable bonds is 9. The molecule has 1 fully saturated rings. The highest BCUT2D eigenvalue weighted by Crippen LogP contribution is 2.33. The Labute approximate surface area is 140 Å². The molecular weight excluding hydrogens is 288 g/mol. The lowest BCUT2D eigenvalue weighted by Gasteiger charge is -2.23. The summed E-state index contributed by atoms with van der Waals surface area (Å²) >= 11 is 0. The molecule has 2 rings (SSSR count). The summed E-state index contributed by atoms with van der Waals surface area (Å²) in [5.41, 5.74) is 2.37. The molecule has 0 spiro atoms. The van der Waals surface area contributed by atoms with E-state index in [1.54, 1.807) is 7.11 Å². The van der Waals surface area contributed by atoms with Crippen LogP contribution in [0.4, 0.5) is 0 Å². The Kier molecular flexibility index (Phi) is 7.43. The zero-order valence-corrected chi connectivity index (χ0v) is 14.5. The van der Waals surface area contributed by atoms with Crippen molar-refractivity contribution in [2.45, 2.75) is 32.7 Å². The van der Waals surface area contributed by atoms with Crippen molar-refractivity contribution in [3.63, 3.8) is 0 Å². The quantitative estimate of drug-likeness (QED) is 0.687. The van der Waals surface area contributed by atoms with E-state index in [4.69, 9.17) is 9.47 Å². The zero-order valence-electron chi connectivity index (χ0n) is 14.5. The number of allylic oxidation sites excluding steroid dienone is 1. The molecule has 1 aromatic rings. The van der Waals surface area contributed by atoms with Crippen molar-refractivity contribution in [3.8, 4) is 11.5 Å². The summed E-state index contributed by atoms with van der Waals surface area (Å²) in [5.74, 6) is 2.44. The molecule has 2 N–H and O–H groups in total. The smallest absolute Gasteiger partial charge is 0.164 e. The van der Waals surface area contributed by atoms with Crippen molar-refractivity contribution in [1.82, 2.24) is 10.6 Å². The molecule has 1 aliphatic heterocycles. The molecule has 23 heavy (non-hydrogen) atoms. The van der Waals surface area contributed by atoms with Gasteiger partial charge in [-0.3, -0.25) is 0 Å². The van der Waals surface area contributed by atoms with E-state index in [-0.39, 0.29) is 0 Å². The van der Waals surface area contributed by atoms with Crippen molar-refractivity contribution in [3.05, 3.63) is 35.9 Å². The number of hydrogen-bond donors (Lipinski definition) is 2. The Balaban J connectivity index is 2.02. The van der Waals surface area contributed by atoms with Crippen LogP contribution in [0.1, 0.15) is 30.9 Å². The lowest BCUT2D eigenvalue weighted by Crippen LogP contribution is -2.33. The van der Waals surface area contributed by atoms with Gasteiger partial charge in [-0.05, 0) is 63.4 Å². The first kappa shape index (κ1) is 17.8. The van der Waals surface area contributed by atoms with Gasteiger partial charge in [0.1, 0.15) is 0 Å². The summed E-state index contributed by atoms with van der Waals surface area (Å²) in [4.78, 5) is 0. The molecule has 0 amide bonds. The third-order valence-corrected chi connectivity index (χ3v) is 4.29. The van der Waals surface area contributed by atoms with Crippen LogP contribution in [0.3, 0.4) is 0 Å². The maximum atomic E-state index is 5.77. The van der Waals surface area contributed by atoms with E-state index in [1.807, 2.05) is 13.0 Å². The maximum absolute atomic E-state index is 5.77. The van der Waals surface area contributed by atoms with Gasteiger partial charge in [0, 0.05) is 12.1 Å². The average molecular weight is 318 g/mol. The van der Waals surface area contributed by atoms with Gasteiger partial charge in [-0.25, -0.2) is 0 Å². The van der Waals surface area contributed by atoms with Gasteiger partial charge >= 0.3 is 0 Å². The molecule has 0 aliphatic carbocycles. The Hall–Kier alpha value is -1.52. The minimum atomic E-state index is 0.633. The monoisotopic (exact) mass is 318 g/mol. The van der Waals surface area contributed by atoms with Crippen LogP contribution >= 0.6 is 0 Å². The summed E-state index contributed by atoms with van der Waals surface area (Å²) in [6, 6.07) is 4.28. The second-order valence-electron chi connectivity index (χ2n) is 6.04. The molecule has 1 aliphatic rings. The van der Waals surface area contributed by atoms with Crippen LogP contribution in [0.2, 0.25) is 0 Å². The van der Waals surface area contributed by atoms with Gasteiger partial charge in [0.2, 0.25) is 0 Å². The fourth-order valence-corrected chi connectivity index (χ4v) is 3.10. The van der Waals surface area contributed by atoms with Gasteiger partial charge in [-0.1, -0.05) is 12.1 Å². The first-order valence-electron chi connectivity index (χ1n) is 8.63. The second-order valence-corrected chi connectivity index (χ2v) is 6.04. The van der Waals surface area contributed by atoms with E-state index in [0.717, 1.165) is 55.6 Å². The van der Waals surface area contributed by atoms with E-state index < -0.39 is 0 Å². The number of methoxy groups -OCH3 is 1. The van der Waals surface area contributed by atoms with E-state index in [2.05, 4.69) is 29.3 Å². The fraction of sp³-hybridized carbons (Fsp3) is 0.579. The number of ether oxygens (including phenoxy) is 2. The van der Waals surface area contributed by atoms with Crippen LogP contribution < -0.4 is 20.1 Å². The molecule has 1 saturated heterocycles. The van der Waals surface area contributed by atoms with Crippen molar-refractivity contribution in [2.24, 2.45) is 5.92 Å². The summed E-state index contributed by atoms with van der Waals surface area (Å²) in [5, 5.41) is 7.00. The number of nitrogens with one attached hydrogen (secondary N) is 2. The molecule has 0 unspecified atom stereocenters. The summed E-state index contributed by atoms with van der Waals surface area (Å²) < 4.78 is 11.3. The Morgan fingerprint density at radius 3 is 2.78 bits per heavy atom. The first-order chi connectivity index (χ1) is 11.3. The van der Waals surface area contributed by atoms with Crippen LogP contribution in [-0.2, 0) is 13.0 Å². The Morgan fingerprint density at radius 2 is 2.13 bits per heavy atom. The second kappa shape index (κ2) is 9.58. The normalized spacial score (nSPS) is 15.4. The molecule has 128 valence electrons. The molecule has 0 bridgehead atoms. The van der Waals surface area contributed by atoms with Crippen LogP contribution in [0, 0.1) is 5.92 Å². The molecule has 0 saturated carbocycles. The van der Waals surface area contributed by atoms with Crippen molar-refractivity contribution >= 4 is 0 Å². The van der Waals surface area contributed by atoms with Crippen LogP contribution in [-0.4, -0.2) is 33.4 Å². The van der Waals surface area contributed by atoms with E-state index >= 15 is 0 Å². The minimum absolute atomic E-state index is 0.633. The highest BCUT2D eigenvalue weighted by atomic mass is 16.5. The zero-order chi connectivity index (χ0) is 16.5. The van der Waals surface area contributed by atoms with Crippen molar-refractivity contribution < 1.29 is 9.47 Å². The molecule has 4 heteroatoms. The molecule has 0 aromatic heterocycles. The molecular formula is C19H30N2O2. The van der Waals surface area contributed by atoms with Gasteiger partial charge in [0.25, 0.3) is 0 Å². The van der Waals surface area contributed by atoms with Gasteiger partial charge in [-0.2, -0.15) is 0 Å². The largest absolute Gasteiger partial charge is 0.493 e. The summed E-state index contributed by atoms with van der Waals surface area (Å²) in [6.07, 6.45) is 5.22. The predicted octanol–water partition coefficient (Wildman–Crippen LogP) is 2.91. The fourth-order valence-electron chi connectivity index (χ4n) is 3.10. The number of benzene rings is 1. The van der Waals surface area contributed by atoms with E-state index in [1.165, 1.54) is 18.4 Å². The summed E-state index contributed by atoms with van der Waals surface area (Å²) in [7, 11) is 1.70. The van der Waals surface area contributed by atoms with Gasteiger partial charge in [0.15, 0.2) is 11.5 Å². The molecule has 0 atom stereocenters. The molecule has 1 heterocycles. The topological polar surface area (TPSA) is 42.5 Å². The molecule has 4 nitrogen and oxygen atoms in total. The van der Waals surface area contributed by atoms with Crippen molar-refractivity contribution in [2.75, 3.05) is 33.4 Å². The minimum Gasteiger partial charge on any atom is -0.493 e. The predicted molar refractivity (Wildman–Crippen MR) is 95.4 cm³/mol. The maximum Gasteiger partial charge on any atom is 0.164 e. The first-order valence-corrected chi connectivity index (χ1v) is 8.63. The lowest BCUT2D eigenvalue weighted by atomic mass is 9.98. The van der Waals surface area contributed by atoms with E-state index in [0.29, 0.717) is 6.61 Å². The lowest BCUT2D eigenvalue weighted by molar-refractivity contribution is 0.307.